The second-order valence-electron chi connectivity index (χ2n) is 3.39. The number of ether oxygens (including phenoxy) is 1. The first kappa shape index (κ1) is 12.6. The summed E-state index contributed by atoms with van der Waals surface area (Å²) in [5, 5.41) is 8.80. The number of aromatic nitrogens is 2. The lowest BCUT2D eigenvalue weighted by atomic mass is 10.2. The molecule has 0 unspecified atom stereocenters. The molecule has 0 aliphatic heterocycles. The molecule has 0 fully saturated rings. The second-order valence-corrected chi connectivity index (χ2v) is 3.39. The van der Waals surface area contributed by atoms with Gasteiger partial charge >= 0.3 is 5.97 Å². The summed E-state index contributed by atoms with van der Waals surface area (Å²) < 4.78 is 5.20. The van der Waals surface area contributed by atoms with Gasteiger partial charge in [0.1, 0.15) is 5.82 Å². The molecule has 0 aliphatic rings. The summed E-state index contributed by atoms with van der Waals surface area (Å²) in [6, 6.07) is 0. The predicted molar refractivity (Wildman–Crippen MR) is 58.5 cm³/mol. The van der Waals surface area contributed by atoms with Crippen molar-refractivity contribution in [1.29, 1.82) is 0 Å². The Bertz CT molecular complexity index is 366. The van der Waals surface area contributed by atoms with E-state index in [1.54, 1.807) is 6.92 Å². The first-order valence-corrected chi connectivity index (χ1v) is 5.28. The summed E-state index contributed by atoms with van der Waals surface area (Å²) >= 11 is 0. The summed E-state index contributed by atoms with van der Waals surface area (Å²) in [5.74, 6) is -0.319. The van der Waals surface area contributed by atoms with E-state index in [2.05, 4.69) is 9.97 Å². The van der Waals surface area contributed by atoms with E-state index in [9.17, 15) is 4.79 Å². The van der Waals surface area contributed by atoms with Crippen molar-refractivity contribution in [2.75, 3.05) is 13.2 Å². The van der Waals surface area contributed by atoms with E-state index >= 15 is 0 Å². The van der Waals surface area contributed by atoms with E-state index < -0.39 is 5.97 Å². The maximum atomic E-state index is 10.7. The Balaban J connectivity index is 2.56. The third-order valence-corrected chi connectivity index (χ3v) is 2.15. The molecular formula is C11H16N2O3. The fraction of sp³-hybridized carbons (Fsp3) is 0.545. The number of hydrogen-bond donors (Lipinski definition) is 1. The molecule has 0 bridgehead atoms. The molecule has 0 aromatic carbocycles. The van der Waals surface area contributed by atoms with Crippen molar-refractivity contribution in [3.63, 3.8) is 0 Å². The van der Waals surface area contributed by atoms with Gasteiger partial charge in [-0.3, -0.25) is 0 Å². The molecule has 1 aromatic heterocycles. The molecule has 1 rings (SSSR count). The lowest BCUT2D eigenvalue weighted by Gasteiger charge is -2.03. The quantitative estimate of drug-likeness (QED) is 0.740. The zero-order valence-corrected chi connectivity index (χ0v) is 9.56. The van der Waals surface area contributed by atoms with Gasteiger partial charge in [0.05, 0.1) is 11.3 Å². The Morgan fingerprint density at radius 3 is 2.88 bits per heavy atom. The van der Waals surface area contributed by atoms with Crippen LogP contribution in [0, 0.1) is 6.92 Å². The van der Waals surface area contributed by atoms with Gasteiger partial charge in [0.15, 0.2) is 0 Å². The molecule has 5 nitrogen and oxygen atoms in total. The molecule has 16 heavy (non-hydrogen) atoms. The highest BCUT2D eigenvalue weighted by molar-refractivity contribution is 5.88. The minimum atomic E-state index is -0.988. The molecule has 1 N–H and O–H groups in total. The van der Waals surface area contributed by atoms with Crippen LogP contribution in [0.2, 0.25) is 0 Å². The van der Waals surface area contributed by atoms with Crippen LogP contribution in [-0.4, -0.2) is 34.3 Å². The van der Waals surface area contributed by atoms with Crippen LogP contribution in [0.15, 0.2) is 6.20 Å². The summed E-state index contributed by atoms with van der Waals surface area (Å²) in [7, 11) is 0. The van der Waals surface area contributed by atoms with Crippen LogP contribution in [0.25, 0.3) is 0 Å². The monoisotopic (exact) mass is 224 g/mol. The van der Waals surface area contributed by atoms with E-state index in [-0.39, 0.29) is 5.56 Å². The van der Waals surface area contributed by atoms with Crippen LogP contribution >= 0.6 is 0 Å². The standard InChI is InChI=1S/C11H16N2O3/c1-3-16-6-4-5-10-12-7-9(11(14)15)8(2)13-10/h7H,3-6H2,1-2H3,(H,14,15). The fourth-order valence-corrected chi connectivity index (χ4v) is 1.32. The first-order chi connectivity index (χ1) is 7.65. The predicted octanol–water partition coefficient (Wildman–Crippen LogP) is 1.45. The zero-order chi connectivity index (χ0) is 12.0. The molecule has 5 heteroatoms. The molecule has 0 aliphatic carbocycles. The van der Waals surface area contributed by atoms with Gasteiger partial charge in [-0.1, -0.05) is 0 Å². The second kappa shape index (κ2) is 6.17. The molecule has 1 heterocycles. The normalized spacial score (nSPS) is 10.4. The van der Waals surface area contributed by atoms with Crippen molar-refractivity contribution >= 4 is 5.97 Å². The first-order valence-electron chi connectivity index (χ1n) is 5.28. The van der Waals surface area contributed by atoms with Crippen LogP contribution in [0.5, 0.6) is 0 Å². The van der Waals surface area contributed by atoms with E-state index in [0.29, 0.717) is 31.2 Å². The van der Waals surface area contributed by atoms with Gasteiger partial charge < -0.3 is 9.84 Å². The van der Waals surface area contributed by atoms with Crippen molar-refractivity contribution < 1.29 is 14.6 Å². The molecule has 88 valence electrons. The molecule has 0 amide bonds. The summed E-state index contributed by atoms with van der Waals surface area (Å²) in [4.78, 5) is 18.9. The Morgan fingerprint density at radius 2 is 2.31 bits per heavy atom. The van der Waals surface area contributed by atoms with Gasteiger partial charge in [-0.25, -0.2) is 14.8 Å². The largest absolute Gasteiger partial charge is 0.478 e. The van der Waals surface area contributed by atoms with E-state index in [4.69, 9.17) is 9.84 Å². The van der Waals surface area contributed by atoms with Crippen LogP contribution in [0.4, 0.5) is 0 Å². The number of carboxylic acids is 1. The van der Waals surface area contributed by atoms with E-state index in [1.165, 1.54) is 6.20 Å². The minimum Gasteiger partial charge on any atom is -0.478 e. The third-order valence-electron chi connectivity index (χ3n) is 2.15. The van der Waals surface area contributed by atoms with Crippen molar-refractivity contribution in [2.45, 2.75) is 26.7 Å². The van der Waals surface area contributed by atoms with E-state index in [0.717, 1.165) is 6.42 Å². The molecule has 1 aromatic rings. The van der Waals surface area contributed by atoms with Gasteiger partial charge in [-0.15, -0.1) is 0 Å². The number of rotatable bonds is 6. The molecule has 0 saturated heterocycles. The van der Waals surface area contributed by atoms with Crippen molar-refractivity contribution in [3.05, 3.63) is 23.3 Å². The lowest BCUT2D eigenvalue weighted by Crippen LogP contribution is -2.07. The zero-order valence-electron chi connectivity index (χ0n) is 9.56. The average Bonchev–Trinajstić information content (AvgIpc) is 2.24. The minimum absolute atomic E-state index is 0.161. The maximum Gasteiger partial charge on any atom is 0.339 e. The van der Waals surface area contributed by atoms with Crippen molar-refractivity contribution in [3.8, 4) is 0 Å². The lowest BCUT2D eigenvalue weighted by molar-refractivity contribution is 0.0695. The number of carbonyl (C=O) groups is 1. The van der Waals surface area contributed by atoms with Crippen LogP contribution < -0.4 is 0 Å². The van der Waals surface area contributed by atoms with Gasteiger partial charge in [0.2, 0.25) is 0 Å². The highest BCUT2D eigenvalue weighted by Crippen LogP contribution is 2.05. The van der Waals surface area contributed by atoms with Gasteiger partial charge in [0.25, 0.3) is 0 Å². The number of nitrogens with zero attached hydrogens (tertiary/aromatic N) is 2. The van der Waals surface area contributed by atoms with Gasteiger partial charge in [-0.05, 0) is 20.3 Å². The fourth-order valence-electron chi connectivity index (χ4n) is 1.32. The number of aromatic carboxylic acids is 1. The van der Waals surface area contributed by atoms with Crippen LogP contribution in [0.1, 0.15) is 35.2 Å². The molecule has 0 atom stereocenters. The molecule has 0 spiro atoms. The summed E-state index contributed by atoms with van der Waals surface area (Å²) in [6.07, 6.45) is 2.92. The Hall–Kier alpha value is -1.49. The number of hydrogen-bond acceptors (Lipinski definition) is 4. The van der Waals surface area contributed by atoms with Crippen molar-refractivity contribution in [1.82, 2.24) is 9.97 Å². The highest BCUT2D eigenvalue weighted by Gasteiger charge is 2.09. The Morgan fingerprint density at radius 1 is 1.56 bits per heavy atom. The molecule has 0 saturated carbocycles. The third kappa shape index (κ3) is 3.58. The Kier molecular flexibility index (Phi) is 4.85. The molecule has 0 radical (unpaired) electrons. The average molecular weight is 224 g/mol. The summed E-state index contributed by atoms with van der Waals surface area (Å²) in [6.45, 7) is 5.01. The Labute approximate surface area is 94.5 Å². The topological polar surface area (TPSA) is 72.3 Å². The number of aryl methyl sites for hydroxylation is 2. The van der Waals surface area contributed by atoms with Gasteiger partial charge in [0, 0.05) is 25.8 Å². The van der Waals surface area contributed by atoms with Crippen LogP contribution in [-0.2, 0) is 11.2 Å². The summed E-state index contributed by atoms with van der Waals surface area (Å²) in [5.41, 5.74) is 0.669. The molecular weight excluding hydrogens is 208 g/mol. The van der Waals surface area contributed by atoms with Crippen LogP contribution in [0.3, 0.4) is 0 Å². The highest BCUT2D eigenvalue weighted by atomic mass is 16.5. The van der Waals surface area contributed by atoms with Crippen molar-refractivity contribution in [2.24, 2.45) is 0 Å². The van der Waals surface area contributed by atoms with Gasteiger partial charge in [-0.2, -0.15) is 0 Å². The smallest absolute Gasteiger partial charge is 0.339 e. The van der Waals surface area contributed by atoms with E-state index in [1.807, 2.05) is 6.92 Å². The maximum absolute atomic E-state index is 10.7. The SMILES string of the molecule is CCOCCCc1ncc(C(=O)O)c(C)n1. The number of carboxylic acid groups (broad SMARTS) is 1.